The fourth-order valence-electron chi connectivity index (χ4n) is 1.43. The summed E-state index contributed by atoms with van der Waals surface area (Å²) in [5.74, 6) is -10.4. The Hall–Kier alpha value is -1.43. The smallest absolute Gasteiger partial charge is 0.200 e. The van der Waals surface area contributed by atoms with E-state index in [1.54, 1.807) is 6.92 Å². The zero-order chi connectivity index (χ0) is 14.0. The Morgan fingerprint density at radius 1 is 1.00 bits per heavy atom. The molecule has 0 fully saturated rings. The molecule has 0 spiro atoms. The first-order valence-corrected chi connectivity index (χ1v) is 5.17. The lowest BCUT2D eigenvalue weighted by molar-refractivity contribution is 0.163. The van der Waals surface area contributed by atoms with Crippen molar-refractivity contribution in [3.05, 3.63) is 46.8 Å². The van der Waals surface area contributed by atoms with E-state index in [2.05, 4.69) is 6.58 Å². The van der Waals surface area contributed by atoms with E-state index in [9.17, 15) is 27.1 Å². The van der Waals surface area contributed by atoms with Crippen molar-refractivity contribution in [2.45, 2.75) is 25.9 Å². The van der Waals surface area contributed by atoms with E-state index in [-0.39, 0.29) is 6.42 Å². The topological polar surface area (TPSA) is 20.2 Å². The standard InChI is InChI=1S/C12H11F5O/c1-3-5(2)4-6(18)7-8(13)10(15)12(17)11(16)9(7)14/h6,18H,2-4H2,1H3. The van der Waals surface area contributed by atoms with Crippen LogP contribution < -0.4 is 0 Å². The molecule has 100 valence electrons. The number of hydrogen-bond acceptors (Lipinski definition) is 1. The number of aliphatic hydroxyl groups excluding tert-OH is 1. The van der Waals surface area contributed by atoms with Gasteiger partial charge >= 0.3 is 0 Å². The van der Waals surface area contributed by atoms with E-state index >= 15 is 0 Å². The summed E-state index contributed by atoms with van der Waals surface area (Å²) in [4.78, 5) is 0. The highest BCUT2D eigenvalue weighted by atomic mass is 19.2. The highest BCUT2D eigenvalue weighted by Crippen LogP contribution is 2.30. The molecule has 1 aromatic rings. The number of benzene rings is 1. The minimum atomic E-state index is -2.24. The predicted molar refractivity (Wildman–Crippen MR) is 55.2 cm³/mol. The van der Waals surface area contributed by atoms with Gasteiger partial charge in [-0.1, -0.05) is 19.1 Å². The molecule has 1 rings (SSSR count). The molecule has 1 N–H and O–H groups in total. The van der Waals surface area contributed by atoms with Crippen LogP contribution in [0.4, 0.5) is 22.0 Å². The zero-order valence-corrected chi connectivity index (χ0v) is 9.54. The summed E-state index contributed by atoms with van der Waals surface area (Å²) in [7, 11) is 0. The summed E-state index contributed by atoms with van der Waals surface area (Å²) in [6, 6.07) is 0. The van der Waals surface area contributed by atoms with Gasteiger partial charge in [-0.25, -0.2) is 22.0 Å². The molecule has 0 aliphatic heterocycles. The Kier molecular flexibility index (Phi) is 4.45. The molecule has 1 aromatic carbocycles. The molecule has 0 aliphatic rings. The number of aliphatic hydroxyl groups is 1. The van der Waals surface area contributed by atoms with E-state index in [4.69, 9.17) is 0 Å². The molecule has 0 aliphatic carbocycles. The second kappa shape index (κ2) is 5.48. The van der Waals surface area contributed by atoms with Crippen LogP contribution in [-0.2, 0) is 0 Å². The average Bonchev–Trinajstić information content (AvgIpc) is 2.34. The molecule has 0 heterocycles. The lowest BCUT2D eigenvalue weighted by atomic mass is 9.99. The zero-order valence-electron chi connectivity index (χ0n) is 9.54. The second-order valence-electron chi connectivity index (χ2n) is 3.81. The van der Waals surface area contributed by atoms with Gasteiger partial charge in [0.2, 0.25) is 5.82 Å². The highest BCUT2D eigenvalue weighted by molar-refractivity contribution is 5.27. The Morgan fingerprint density at radius 3 is 1.78 bits per heavy atom. The third kappa shape index (κ3) is 2.53. The first-order chi connectivity index (χ1) is 8.31. The highest BCUT2D eigenvalue weighted by Gasteiger charge is 2.29. The summed E-state index contributed by atoms with van der Waals surface area (Å²) < 4.78 is 65.1. The largest absolute Gasteiger partial charge is 0.388 e. The summed E-state index contributed by atoms with van der Waals surface area (Å²) in [6.45, 7) is 5.18. The SMILES string of the molecule is C=C(CC)CC(O)c1c(F)c(F)c(F)c(F)c1F. The number of hydrogen-bond donors (Lipinski definition) is 1. The van der Waals surface area contributed by atoms with E-state index in [1.165, 1.54) is 0 Å². The molecular formula is C12H11F5O. The van der Waals surface area contributed by atoms with Crippen molar-refractivity contribution < 1.29 is 27.1 Å². The second-order valence-corrected chi connectivity index (χ2v) is 3.81. The summed E-state index contributed by atoms with van der Waals surface area (Å²) in [5.41, 5.74) is -0.785. The normalized spacial score (nSPS) is 12.6. The van der Waals surface area contributed by atoms with E-state index in [1.807, 2.05) is 0 Å². The molecule has 1 atom stereocenters. The van der Waals surface area contributed by atoms with Gasteiger partial charge in [-0.2, -0.15) is 0 Å². The lowest BCUT2D eigenvalue weighted by Gasteiger charge is -2.15. The molecule has 1 unspecified atom stereocenters. The first-order valence-electron chi connectivity index (χ1n) is 5.17. The molecule has 1 nitrogen and oxygen atoms in total. The maximum Gasteiger partial charge on any atom is 0.200 e. The van der Waals surface area contributed by atoms with Gasteiger partial charge in [0, 0.05) is 0 Å². The summed E-state index contributed by atoms with van der Waals surface area (Å²) in [5, 5.41) is 9.53. The van der Waals surface area contributed by atoms with Gasteiger partial charge in [0.1, 0.15) is 0 Å². The maximum atomic E-state index is 13.3. The van der Waals surface area contributed by atoms with Crippen LogP contribution >= 0.6 is 0 Å². The van der Waals surface area contributed by atoms with Crippen LogP contribution in [0.2, 0.25) is 0 Å². The van der Waals surface area contributed by atoms with Crippen molar-refractivity contribution >= 4 is 0 Å². The van der Waals surface area contributed by atoms with Crippen molar-refractivity contribution in [3.63, 3.8) is 0 Å². The third-order valence-corrected chi connectivity index (χ3v) is 2.56. The van der Waals surface area contributed by atoms with Crippen LogP contribution in [0.1, 0.15) is 31.4 Å². The molecular weight excluding hydrogens is 255 g/mol. The van der Waals surface area contributed by atoms with Crippen LogP contribution in [0.25, 0.3) is 0 Å². The Morgan fingerprint density at radius 2 is 1.39 bits per heavy atom. The van der Waals surface area contributed by atoms with Crippen molar-refractivity contribution in [2.75, 3.05) is 0 Å². The quantitative estimate of drug-likeness (QED) is 0.380. The van der Waals surface area contributed by atoms with Gasteiger partial charge in [0.25, 0.3) is 0 Å². The summed E-state index contributed by atoms with van der Waals surface area (Å²) in [6.07, 6.45) is -1.66. The van der Waals surface area contributed by atoms with Crippen molar-refractivity contribution in [3.8, 4) is 0 Å². The Bertz CT molecular complexity index is 455. The molecule has 0 saturated heterocycles. The fourth-order valence-corrected chi connectivity index (χ4v) is 1.43. The number of rotatable bonds is 4. The van der Waals surface area contributed by atoms with E-state index in [0.29, 0.717) is 12.0 Å². The first kappa shape index (κ1) is 14.6. The van der Waals surface area contributed by atoms with Crippen LogP contribution in [0, 0.1) is 29.1 Å². The molecule has 0 amide bonds. The Labute approximate surface area is 101 Å². The minimum absolute atomic E-state index is 0.269. The molecule has 0 saturated carbocycles. The van der Waals surface area contributed by atoms with Gasteiger partial charge < -0.3 is 5.11 Å². The molecule has 18 heavy (non-hydrogen) atoms. The minimum Gasteiger partial charge on any atom is -0.388 e. The van der Waals surface area contributed by atoms with Gasteiger partial charge in [-0.15, -0.1) is 0 Å². The van der Waals surface area contributed by atoms with Crippen LogP contribution in [0.3, 0.4) is 0 Å². The van der Waals surface area contributed by atoms with Crippen molar-refractivity contribution in [1.29, 1.82) is 0 Å². The van der Waals surface area contributed by atoms with Crippen LogP contribution in [-0.4, -0.2) is 5.11 Å². The lowest BCUT2D eigenvalue weighted by Crippen LogP contribution is -2.11. The molecule has 0 bridgehead atoms. The third-order valence-electron chi connectivity index (χ3n) is 2.56. The van der Waals surface area contributed by atoms with Crippen LogP contribution in [0.5, 0.6) is 0 Å². The molecule has 0 aromatic heterocycles. The van der Waals surface area contributed by atoms with Gasteiger partial charge in [0.05, 0.1) is 11.7 Å². The predicted octanol–water partition coefficient (Wildman–Crippen LogP) is 3.77. The number of halogens is 5. The molecule has 0 radical (unpaired) electrons. The summed E-state index contributed by atoms with van der Waals surface area (Å²) >= 11 is 0. The van der Waals surface area contributed by atoms with Crippen LogP contribution in [0.15, 0.2) is 12.2 Å². The van der Waals surface area contributed by atoms with Gasteiger partial charge in [-0.3, -0.25) is 0 Å². The maximum absolute atomic E-state index is 13.3. The van der Waals surface area contributed by atoms with Gasteiger partial charge in [0.15, 0.2) is 23.3 Å². The van der Waals surface area contributed by atoms with Crippen molar-refractivity contribution in [1.82, 2.24) is 0 Å². The monoisotopic (exact) mass is 266 g/mol. The van der Waals surface area contributed by atoms with Crippen molar-refractivity contribution in [2.24, 2.45) is 0 Å². The molecule has 6 heteroatoms. The van der Waals surface area contributed by atoms with Gasteiger partial charge in [-0.05, 0) is 12.8 Å². The average molecular weight is 266 g/mol. The van der Waals surface area contributed by atoms with E-state index in [0.717, 1.165) is 0 Å². The fraction of sp³-hybridized carbons (Fsp3) is 0.333. The van der Waals surface area contributed by atoms with E-state index < -0.39 is 40.8 Å². The Balaban J connectivity index is 3.28.